The van der Waals surface area contributed by atoms with Crippen LogP contribution >= 0.6 is 0 Å². The molecule has 0 amide bonds. The van der Waals surface area contributed by atoms with Crippen molar-refractivity contribution in [3.63, 3.8) is 0 Å². The number of hydrogen-bond donors (Lipinski definition) is 1. The SMILES string of the molecule is CCN(CCO)c1ncnc2c1cnn2-c1ccccc1. The lowest BCUT2D eigenvalue weighted by atomic mass is 10.3. The maximum Gasteiger partial charge on any atom is 0.168 e. The van der Waals surface area contributed by atoms with E-state index in [1.807, 2.05) is 42.2 Å². The van der Waals surface area contributed by atoms with Crippen LogP contribution in [0.5, 0.6) is 0 Å². The van der Waals surface area contributed by atoms with E-state index in [4.69, 9.17) is 0 Å². The Bertz CT molecular complexity index is 725. The Balaban J connectivity index is 2.12. The smallest absolute Gasteiger partial charge is 0.168 e. The van der Waals surface area contributed by atoms with Crippen LogP contribution in [0.2, 0.25) is 0 Å². The lowest BCUT2D eigenvalue weighted by molar-refractivity contribution is 0.302. The minimum Gasteiger partial charge on any atom is -0.395 e. The third kappa shape index (κ3) is 2.45. The molecule has 0 unspecified atom stereocenters. The number of fused-ring (bicyclic) bond motifs is 1. The lowest BCUT2D eigenvalue weighted by Crippen LogP contribution is -2.27. The Hall–Kier alpha value is -2.47. The van der Waals surface area contributed by atoms with Gasteiger partial charge >= 0.3 is 0 Å². The molecule has 6 nitrogen and oxygen atoms in total. The fourth-order valence-corrected chi connectivity index (χ4v) is 2.38. The fourth-order valence-electron chi connectivity index (χ4n) is 2.38. The highest BCUT2D eigenvalue weighted by Crippen LogP contribution is 2.24. The molecule has 108 valence electrons. The lowest BCUT2D eigenvalue weighted by Gasteiger charge is -2.20. The number of anilines is 1. The van der Waals surface area contributed by atoms with E-state index in [1.54, 1.807) is 17.2 Å². The Morgan fingerprint density at radius 2 is 2.00 bits per heavy atom. The molecule has 0 fully saturated rings. The van der Waals surface area contributed by atoms with Gasteiger partial charge < -0.3 is 10.0 Å². The van der Waals surface area contributed by atoms with Gasteiger partial charge in [-0.15, -0.1) is 0 Å². The van der Waals surface area contributed by atoms with Crippen LogP contribution in [0.4, 0.5) is 5.82 Å². The number of aliphatic hydroxyl groups is 1. The van der Waals surface area contributed by atoms with Crippen molar-refractivity contribution in [2.75, 3.05) is 24.6 Å². The highest BCUT2D eigenvalue weighted by atomic mass is 16.3. The number of benzene rings is 1. The van der Waals surface area contributed by atoms with Crippen molar-refractivity contribution < 1.29 is 5.11 Å². The summed E-state index contributed by atoms with van der Waals surface area (Å²) in [6.45, 7) is 3.43. The second kappa shape index (κ2) is 5.88. The fraction of sp³-hybridized carbons (Fsp3) is 0.267. The molecule has 3 aromatic rings. The van der Waals surface area contributed by atoms with E-state index in [0.717, 1.165) is 29.1 Å². The van der Waals surface area contributed by atoms with Crippen molar-refractivity contribution in [3.05, 3.63) is 42.9 Å². The van der Waals surface area contributed by atoms with Gasteiger partial charge in [0.25, 0.3) is 0 Å². The predicted octanol–water partition coefficient (Wildman–Crippen LogP) is 1.63. The van der Waals surface area contributed by atoms with Gasteiger partial charge in [-0.1, -0.05) is 18.2 Å². The van der Waals surface area contributed by atoms with Crippen LogP contribution in [0.25, 0.3) is 16.7 Å². The van der Waals surface area contributed by atoms with Crippen molar-refractivity contribution in [1.29, 1.82) is 0 Å². The molecule has 2 aromatic heterocycles. The van der Waals surface area contributed by atoms with E-state index in [9.17, 15) is 5.11 Å². The normalized spacial score (nSPS) is 11.0. The number of hydrogen-bond acceptors (Lipinski definition) is 5. The van der Waals surface area contributed by atoms with Crippen LogP contribution in [-0.4, -0.2) is 44.6 Å². The molecule has 6 heteroatoms. The zero-order valence-corrected chi connectivity index (χ0v) is 11.8. The number of nitrogens with zero attached hydrogens (tertiary/aromatic N) is 5. The molecular weight excluding hydrogens is 266 g/mol. The Morgan fingerprint density at radius 1 is 1.19 bits per heavy atom. The van der Waals surface area contributed by atoms with E-state index < -0.39 is 0 Å². The van der Waals surface area contributed by atoms with Crippen molar-refractivity contribution >= 4 is 16.9 Å². The van der Waals surface area contributed by atoms with E-state index in [0.29, 0.717) is 6.54 Å². The first kappa shape index (κ1) is 13.5. The summed E-state index contributed by atoms with van der Waals surface area (Å²) >= 11 is 0. The molecule has 21 heavy (non-hydrogen) atoms. The summed E-state index contributed by atoms with van der Waals surface area (Å²) in [6, 6.07) is 9.87. The van der Waals surface area contributed by atoms with Crippen molar-refractivity contribution in [2.24, 2.45) is 0 Å². The summed E-state index contributed by atoms with van der Waals surface area (Å²) in [5.41, 5.74) is 1.73. The first-order valence-corrected chi connectivity index (χ1v) is 6.95. The molecule has 0 aliphatic heterocycles. The summed E-state index contributed by atoms with van der Waals surface area (Å²) in [4.78, 5) is 10.7. The first-order valence-electron chi connectivity index (χ1n) is 6.95. The summed E-state index contributed by atoms with van der Waals surface area (Å²) in [7, 11) is 0. The quantitative estimate of drug-likeness (QED) is 0.771. The summed E-state index contributed by atoms with van der Waals surface area (Å²) in [5.74, 6) is 0.804. The van der Waals surface area contributed by atoms with Crippen molar-refractivity contribution in [3.8, 4) is 5.69 Å². The number of aliphatic hydroxyl groups excluding tert-OH is 1. The van der Waals surface area contributed by atoms with Gasteiger partial charge in [-0.25, -0.2) is 14.6 Å². The molecule has 0 atom stereocenters. The average molecular weight is 283 g/mol. The third-order valence-corrected chi connectivity index (χ3v) is 3.40. The van der Waals surface area contributed by atoms with Gasteiger partial charge in [0.2, 0.25) is 0 Å². The predicted molar refractivity (Wildman–Crippen MR) is 81.6 cm³/mol. The summed E-state index contributed by atoms with van der Waals surface area (Å²) < 4.78 is 1.80. The molecular formula is C15H17N5O. The number of rotatable bonds is 5. The number of aromatic nitrogens is 4. The highest BCUT2D eigenvalue weighted by Gasteiger charge is 2.14. The molecule has 2 heterocycles. The van der Waals surface area contributed by atoms with Crippen LogP contribution in [0.3, 0.4) is 0 Å². The average Bonchev–Trinajstić information content (AvgIpc) is 2.97. The molecule has 0 aliphatic carbocycles. The minimum atomic E-state index is 0.0894. The largest absolute Gasteiger partial charge is 0.395 e. The second-order valence-corrected chi connectivity index (χ2v) is 4.63. The number of para-hydroxylation sites is 1. The van der Waals surface area contributed by atoms with Crippen LogP contribution < -0.4 is 4.90 Å². The Kier molecular flexibility index (Phi) is 3.79. The van der Waals surface area contributed by atoms with Crippen molar-refractivity contribution in [1.82, 2.24) is 19.7 Å². The third-order valence-electron chi connectivity index (χ3n) is 3.40. The zero-order chi connectivity index (χ0) is 14.7. The van der Waals surface area contributed by atoms with Gasteiger partial charge in [0.05, 0.1) is 23.9 Å². The summed E-state index contributed by atoms with van der Waals surface area (Å²) in [6.07, 6.45) is 3.32. The topological polar surface area (TPSA) is 67.1 Å². The van der Waals surface area contributed by atoms with E-state index in [-0.39, 0.29) is 6.61 Å². The van der Waals surface area contributed by atoms with E-state index >= 15 is 0 Å². The first-order chi connectivity index (χ1) is 10.3. The standard InChI is InChI=1S/C15H17N5O/c1-2-19(8-9-21)14-13-10-18-20(15(13)17-11-16-14)12-6-4-3-5-7-12/h3-7,10-11,21H,2,8-9H2,1H3. The van der Waals surface area contributed by atoms with Gasteiger partial charge in [0.15, 0.2) is 5.65 Å². The molecule has 0 saturated carbocycles. The maximum absolute atomic E-state index is 9.18. The van der Waals surface area contributed by atoms with Gasteiger partial charge in [-0.2, -0.15) is 5.10 Å². The van der Waals surface area contributed by atoms with Crippen LogP contribution in [0.15, 0.2) is 42.9 Å². The monoisotopic (exact) mass is 283 g/mol. The van der Waals surface area contributed by atoms with E-state index in [2.05, 4.69) is 15.1 Å². The van der Waals surface area contributed by atoms with Crippen LogP contribution in [0, 0.1) is 0 Å². The Morgan fingerprint density at radius 3 is 2.71 bits per heavy atom. The number of likely N-dealkylation sites (N-methyl/N-ethyl adjacent to an activating group) is 1. The van der Waals surface area contributed by atoms with Gasteiger partial charge in [0, 0.05) is 13.1 Å². The second-order valence-electron chi connectivity index (χ2n) is 4.63. The van der Waals surface area contributed by atoms with Crippen molar-refractivity contribution in [2.45, 2.75) is 6.92 Å². The molecule has 1 aromatic carbocycles. The molecule has 0 spiro atoms. The van der Waals surface area contributed by atoms with E-state index in [1.165, 1.54) is 0 Å². The maximum atomic E-state index is 9.18. The molecule has 0 aliphatic rings. The van der Waals surface area contributed by atoms with Crippen LogP contribution in [0.1, 0.15) is 6.92 Å². The zero-order valence-electron chi connectivity index (χ0n) is 11.8. The van der Waals surface area contributed by atoms with Gasteiger partial charge in [-0.05, 0) is 19.1 Å². The van der Waals surface area contributed by atoms with Crippen LogP contribution in [-0.2, 0) is 0 Å². The van der Waals surface area contributed by atoms with Gasteiger partial charge in [0.1, 0.15) is 12.1 Å². The highest BCUT2D eigenvalue weighted by molar-refractivity contribution is 5.87. The van der Waals surface area contributed by atoms with Gasteiger partial charge in [-0.3, -0.25) is 0 Å². The molecule has 0 saturated heterocycles. The molecule has 3 rings (SSSR count). The molecule has 0 bridgehead atoms. The summed E-state index contributed by atoms with van der Waals surface area (Å²) in [5, 5.41) is 14.5. The molecule has 1 N–H and O–H groups in total. The molecule has 0 radical (unpaired) electrons. The minimum absolute atomic E-state index is 0.0894. The Labute approximate surface area is 122 Å².